The molecule has 0 spiro atoms. The molecular formula is C8H4Br2N2O2. The summed E-state index contributed by atoms with van der Waals surface area (Å²) in [6, 6.07) is 3.30. The van der Waals surface area contributed by atoms with Crippen LogP contribution in [0.2, 0.25) is 0 Å². The number of hydrogen-bond acceptors (Lipinski definition) is 2. The van der Waals surface area contributed by atoms with Gasteiger partial charge in [0.15, 0.2) is 0 Å². The Morgan fingerprint density at radius 2 is 1.36 bits per heavy atom. The highest BCUT2D eigenvalue weighted by Gasteiger charge is 2.02. The van der Waals surface area contributed by atoms with E-state index in [2.05, 4.69) is 41.8 Å². The third-order valence-electron chi connectivity index (χ3n) is 1.76. The molecule has 2 rings (SSSR count). The monoisotopic (exact) mass is 318 g/mol. The maximum absolute atomic E-state index is 11.2. The summed E-state index contributed by atoms with van der Waals surface area (Å²) in [6.45, 7) is 0. The highest BCUT2D eigenvalue weighted by Crippen LogP contribution is 2.14. The highest BCUT2D eigenvalue weighted by atomic mass is 79.9. The van der Waals surface area contributed by atoms with E-state index < -0.39 is 0 Å². The van der Waals surface area contributed by atoms with Crippen molar-refractivity contribution in [2.45, 2.75) is 0 Å². The summed E-state index contributed by atoms with van der Waals surface area (Å²) in [7, 11) is 0. The molecule has 14 heavy (non-hydrogen) atoms. The molecule has 0 saturated heterocycles. The first-order valence-electron chi connectivity index (χ1n) is 3.69. The fourth-order valence-electron chi connectivity index (χ4n) is 1.11. The average Bonchev–Trinajstić information content (AvgIpc) is 2.11. The van der Waals surface area contributed by atoms with Crippen molar-refractivity contribution >= 4 is 42.9 Å². The molecule has 6 heteroatoms. The summed E-state index contributed by atoms with van der Waals surface area (Å²) >= 11 is 6.22. The van der Waals surface area contributed by atoms with Gasteiger partial charge < -0.3 is 9.97 Å². The molecule has 0 bridgehead atoms. The van der Waals surface area contributed by atoms with E-state index in [9.17, 15) is 9.59 Å². The molecule has 0 aliphatic rings. The Kier molecular flexibility index (Phi) is 2.32. The summed E-state index contributed by atoms with van der Waals surface area (Å²) in [5, 5.41) is 0.753. The van der Waals surface area contributed by atoms with Gasteiger partial charge in [-0.25, -0.2) is 0 Å². The van der Waals surface area contributed by atoms with Crippen molar-refractivity contribution in [1.82, 2.24) is 9.97 Å². The van der Waals surface area contributed by atoms with Gasteiger partial charge in [0.05, 0.1) is 8.95 Å². The van der Waals surface area contributed by atoms with Crippen LogP contribution in [0.4, 0.5) is 0 Å². The van der Waals surface area contributed by atoms with Gasteiger partial charge in [0.1, 0.15) is 5.65 Å². The topological polar surface area (TPSA) is 65.7 Å². The van der Waals surface area contributed by atoms with E-state index in [1.165, 1.54) is 0 Å². The van der Waals surface area contributed by atoms with Gasteiger partial charge in [-0.1, -0.05) is 0 Å². The number of pyridine rings is 2. The van der Waals surface area contributed by atoms with Gasteiger partial charge in [0.2, 0.25) is 0 Å². The molecule has 0 aromatic carbocycles. The zero-order valence-electron chi connectivity index (χ0n) is 6.73. The molecule has 72 valence electrons. The van der Waals surface area contributed by atoms with Gasteiger partial charge in [-0.2, -0.15) is 0 Å². The molecule has 2 heterocycles. The quantitative estimate of drug-likeness (QED) is 0.777. The van der Waals surface area contributed by atoms with Gasteiger partial charge in [0, 0.05) is 5.39 Å². The van der Waals surface area contributed by atoms with Crippen LogP contribution in [0, 0.1) is 0 Å². The maximum Gasteiger partial charge on any atom is 0.263 e. The number of rotatable bonds is 0. The molecule has 0 radical (unpaired) electrons. The summed E-state index contributed by atoms with van der Waals surface area (Å²) in [6.07, 6.45) is 0. The Hall–Kier alpha value is -0.880. The molecule has 2 aromatic heterocycles. The van der Waals surface area contributed by atoms with Crippen LogP contribution < -0.4 is 11.1 Å². The van der Waals surface area contributed by atoms with Crippen LogP contribution in [0.25, 0.3) is 11.0 Å². The van der Waals surface area contributed by atoms with E-state index in [4.69, 9.17) is 0 Å². The average molecular weight is 320 g/mol. The fourth-order valence-corrected chi connectivity index (χ4v) is 1.80. The van der Waals surface area contributed by atoms with Gasteiger partial charge in [-0.05, 0) is 44.0 Å². The number of aromatic amines is 2. The van der Waals surface area contributed by atoms with Crippen LogP contribution in [0.3, 0.4) is 0 Å². The molecule has 2 aromatic rings. The summed E-state index contributed by atoms with van der Waals surface area (Å²) in [5.41, 5.74) is -0.114. The van der Waals surface area contributed by atoms with Crippen molar-refractivity contribution in [1.29, 1.82) is 0 Å². The van der Waals surface area contributed by atoms with Crippen molar-refractivity contribution < 1.29 is 0 Å². The summed E-state index contributed by atoms with van der Waals surface area (Å²) < 4.78 is 0.868. The lowest BCUT2D eigenvalue weighted by Crippen LogP contribution is -2.12. The highest BCUT2D eigenvalue weighted by molar-refractivity contribution is 9.10. The standard InChI is InChI=1S/C8H4Br2N2O2/c9-4-1-3-2-5(10)8(14)12-6(3)11-7(4)13/h1-2H,(H2,11,12,13,14). The van der Waals surface area contributed by atoms with E-state index in [1.807, 2.05) is 0 Å². The molecule has 0 amide bonds. The van der Waals surface area contributed by atoms with E-state index in [1.54, 1.807) is 12.1 Å². The van der Waals surface area contributed by atoms with Crippen molar-refractivity contribution in [2.24, 2.45) is 0 Å². The van der Waals surface area contributed by atoms with Crippen molar-refractivity contribution in [2.75, 3.05) is 0 Å². The van der Waals surface area contributed by atoms with Gasteiger partial charge in [0.25, 0.3) is 11.1 Å². The predicted octanol–water partition coefficient (Wildman–Crippen LogP) is 1.74. The zero-order chi connectivity index (χ0) is 10.3. The van der Waals surface area contributed by atoms with Crippen LogP contribution in [-0.2, 0) is 0 Å². The maximum atomic E-state index is 11.2. The minimum Gasteiger partial charge on any atom is -0.307 e. The van der Waals surface area contributed by atoms with Gasteiger partial charge in [-0.3, -0.25) is 9.59 Å². The van der Waals surface area contributed by atoms with E-state index in [0.717, 1.165) is 5.39 Å². The molecule has 0 fully saturated rings. The largest absolute Gasteiger partial charge is 0.307 e. The number of fused-ring (bicyclic) bond motifs is 1. The SMILES string of the molecule is O=c1[nH]c2[nH]c(=O)c(Br)cc2cc1Br. The first kappa shape index (κ1) is 9.67. The Bertz CT molecular complexity index is 564. The number of nitrogens with one attached hydrogen (secondary N) is 2. The first-order chi connectivity index (χ1) is 6.58. The second-order valence-corrected chi connectivity index (χ2v) is 4.43. The Morgan fingerprint density at radius 3 is 1.79 bits per heavy atom. The number of hydrogen-bond donors (Lipinski definition) is 2. The van der Waals surface area contributed by atoms with Crippen molar-refractivity contribution in [3.8, 4) is 0 Å². The number of H-pyrrole nitrogens is 2. The molecule has 2 N–H and O–H groups in total. The van der Waals surface area contributed by atoms with Crippen LogP contribution in [-0.4, -0.2) is 9.97 Å². The molecule has 0 unspecified atom stereocenters. The Labute approximate surface area is 94.6 Å². The minimum atomic E-state index is -0.268. The lowest BCUT2D eigenvalue weighted by atomic mass is 10.3. The lowest BCUT2D eigenvalue weighted by Gasteiger charge is -1.98. The number of halogens is 2. The van der Waals surface area contributed by atoms with Gasteiger partial charge in [-0.15, -0.1) is 0 Å². The van der Waals surface area contributed by atoms with Crippen LogP contribution in [0.5, 0.6) is 0 Å². The predicted molar refractivity (Wildman–Crippen MR) is 60.6 cm³/mol. The third-order valence-corrected chi connectivity index (χ3v) is 2.94. The normalized spacial score (nSPS) is 10.7. The first-order valence-corrected chi connectivity index (χ1v) is 5.28. The lowest BCUT2D eigenvalue weighted by molar-refractivity contribution is 1.17. The smallest absolute Gasteiger partial charge is 0.263 e. The zero-order valence-corrected chi connectivity index (χ0v) is 9.90. The summed E-state index contributed by atoms with van der Waals surface area (Å²) in [4.78, 5) is 27.5. The molecule has 4 nitrogen and oxygen atoms in total. The number of aromatic nitrogens is 2. The molecule has 0 atom stereocenters. The second-order valence-electron chi connectivity index (χ2n) is 2.72. The Morgan fingerprint density at radius 1 is 0.929 bits per heavy atom. The fraction of sp³-hybridized carbons (Fsp3) is 0. The van der Waals surface area contributed by atoms with Crippen LogP contribution >= 0.6 is 31.9 Å². The van der Waals surface area contributed by atoms with E-state index in [-0.39, 0.29) is 11.1 Å². The van der Waals surface area contributed by atoms with Crippen molar-refractivity contribution in [3.63, 3.8) is 0 Å². The Balaban J connectivity index is 2.97. The molecule has 0 saturated carbocycles. The van der Waals surface area contributed by atoms with Gasteiger partial charge >= 0.3 is 0 Å². The van der Waals surface area contributed by atoms with Crippen molar-refractivity contribution in [3.05, 3.63) is 41.8 Å². The third kappa shape index (κ3) is 1.55. The second kappa shape index (κ2) is 3.36. The van der Waals surface area contributed by atoms with E-state index >= 15 is 0 Å². The van der Waals surface area contributed by atoms with E-state index in [0.29, 0.717) is 14.6 Å². The minimum absolute atomic E-state index is 0.268. The van der Waals surface area contributed by atoms with Crippen LogP contribution in [0.15, 0.2) is 30.7 Å². The summed E-state index contributed by atoms with van der Waals surface area (Å²) in [5.74, 6) is 0. The molecule has 0 aliphatic heterocycles. The molecular weight excluding hydrogens is 316 g/mol. The molecule has 0 aliphatic carbocycles. The van der Waals surface area contributed by atoms with Crippen LogP contribution in [0.1, 0.15) is 0 Å².